The minimum absolute atomic E-state index is 0.0671. The second kappa shape index (κ2) is 8.80. The third-order valence-electron chi connectivity index (χ3n) is 3.63. The van der Waals surface area contributed by atoms with Crippen LogP contribution in [0.3, 0.4) is 0 Å². The van der Waals surface area contributed by atoms with Crippen molar-refractivity contribution in [3.05, 3.63) is 65.2 Å². The Kier molecular flexibility index (Phi) is 6.49. The summed E-state index contributed by atoms with van der Waals surface area (Å²) in [5.41, 5.74) is 7.25. The zero-order valence-corrected chi connectivity index (χ0v) is 15.1. The molecule has 0 aliphatic carbocycles. The molecule has 2 aromatic carbocycles. The van der Waals surface area contributed by atoms with Gasteiger partial charge in [-0.2, -0.15) is 0 Å². The number of carbonyl (C=O) groups excluding carboxylic acids is 3. The number of rotatable bonds is 5. The van der Waals surface area contributed by atoms with Gasteiger partial charge in [0, 0.05) is 23.2 Å². The molecule has 0 aliphatic heterocycles. The molecule has 0 unspecified atom stereocenters. The number of hydrogen-bond donors (Lipinski definition) is 3. The lowest BCUT2D eigenvalue weighted by atomic mass is 10.1. The van der Waals surface area contributed by atoms with Crippen molar-refractivity contribution in [3.63, 3.8) is 0 Å². The van der Waals surface area contributed by atoms with Crippen LogP contribution in [0.5, 0.6) is 0 Å². The van der Waals surface area contributed by atoms with Crippen LogP contribution >= 0.6 is 0 Å². The van der Waals surface area contributed by atoms with E-state index in [0.717, 1.165) is 5.56 Å². The molecule has 0 bridgehead atoms. The lowest BCUT2D eigenvalue weighted by Gasteiger charge is -2.09. The topological polar surface area (TPSA) is 87.3 Å². The monoisotopic (exact) mass is 353 g/mol. The Morgan fingerprint density at radius 2 is 1.27 bits per heavy atom. The summed E-state index contributed by atoms with van der Waals surface area (Å²) in [5, 5.41) is 2.78. The standard InChI is InChI=1S/C20H23N3O3/c1-13(2)12-18(24)21-17-10-8-16(9-11-17)20(26)23-22-19(25)15-6-4-14(3)5-7-15/h4-11,13H,12H2,1-3H3,(H,21,24)(H,22,25)(H,23,26). The molecule has 6 nitrogen and oxygen atoms in total. The van der Waals surface area contributed by atoms with Gasteiger partial charge in [-0.1, -0.05) is 31.5 Å². The predicted molar refractivity (Wildman–Crippen MR) is 101 cm³/mol. The third-order valence-corrected chi connectivity index (χ3v) is 3.63. The molecule has 3 amide bonds. The first kappa shape index (κ1) is 19.2. The van der Waals surface area contributed by atoms with Gasteiger partial charge in [0.15, 0.2) is 0 Å². The van der Waals surface area contributed by atoms with E-state index in [0.29, 0.717) is 23.2 Å². The average molecular weight is 353 g/mol. The van der Waals surface area contributed by atoms with E-state index in [1.165, 1.54) is 0 Å². The molecule has 0 fully saturated rings. The lowest BCUT2D eigenvalue weighted by Crippen LogP contribution is -2.41. The first-order valence-electron chi connectivity index (χ1n) is 8.42. The molecule has 2 rings (SSSR count). The van der Waals surface area contributed by atoms with Crippen LogP contribution < -0.4 is 16.2 Å². The van der Waals surface area contributed by atoms with Crippen LogP contribution in [0.2, 0.25) is 0 Å². The Morgan fingerprint density at radius 1 is 0.808 bits per heavy atom. The quantitative estimate of drug-likeness (QED) is 0.722. The van der Waals surface area contributed by atoms with Gasteiger partial charge in [-0.15, -0.1) is 0 Å². The molecule has 0 aromatic heterocycles. The van der Waals surface area contributed by atoms with Gasteiger partial charge < -0.3 is 5.32 Å². The molecule has 3 N–H and O–H groups in total. The summed E-state index contributed by atoms with van der Waals surface area (Å²) in [7, 11) is 0. The number of anilines is 1. The molecule has 6 heteroatoms. The summed E-state index contributed by atoms with van der Waals surface area (Å²) in [6, 6.07) is 13.5. The van der Waals surface area contributed by atoms with Crippen molar-refractivity contribution in [2.24, 2.45) is 5.92 Å². The Labute approximate surface area is 153 Å². The summed E-state index contributed by atoms with van der Waals surface area (Å²) >= 11 is 0. The first-order valence-corrected chi connectivity index (χ1v) is 8.42. The maximum absolute atomic E-state index is 12.1. The van der Waals surface area contributed by atoms with E-state index in [4.69, 9.17) is 0 Å². The zero-order valence-electron chi connectivity index (χ0n) is 15.1. The molecule has 26 heavy (non-hydrogen) atoms. The molecular formula is C20H23N3O3. The molecule has 0 saturated heterocycles. The highest BCUT2D eigenvalue weighted by Gasteiger charge is 2.10. The smallest absolute Gasteiger partial charge is 0.269 e. The zero-order chi connectivity index (χ0) is 19.1. The highest BCUT2D eigenvalue weighted by atomic mass is 16.2. The van der Waals surface area contributed by atoms with Crippen molar-refractivity contribution < 1.29 is 14.4 Å². The van der Waals surface area contributed by atoms with Crippen molar-refractivity contribution in [3.8, 4) is 0 Å². The van der Waals surface area contributed by atoms with E-state index in [9.17, 15) is 14.4 Å². The molecule has 0 radical (unpaired) electrons. The van der Waals surface area contributed by atoms with Crippen molar-refractivity contribution in [1.82, 2.24) is 10.9 Å². The van der Waals surface area contributed by atoms with Gasteiger partial charge in [0.2, 0.25) is 5.91 Å². The van der Waals surface area contributed by atoms with Gasteiger partial charge in [-0.05, 0) is 49.2 Å². The van der Waals surface area contributed by atoms with Gasteiger partial charge in [0.05, 0.1) is 0 Å². The Balaban J connectivity index is 1.88. The highest BCUT2D eigenvalue weighted by molar-refractivity contribution is 5.99. The molecule has 2 aromatic rings. The predicted octanol–water partition coefficient (Wildman–Crippen LogP) is 3.05. The third kappa shape index (κ3) is 5.73. The number of hydrogen-bond acceptors (Lipinski definition) is 3. The summed E-state index contributed by atoms with van der Waals surface area (Å²) in [6.07, 6.45) is 0.438. The largest absolute Gasteiger partial charge is 0.326 e. The van der Waals surface area contributed by atoms with Crippen molar-refractivity contribution >= 4 is 23.4 Å². The van der Waals surface area contributed by atoms with E-state index in [1.807, 2.05) is 32.9 Å². The van der Waals surface area contributed by atoms with E-state index < -0.39 is 11.8 Å². The molecule has 0 atom stereocenters. The minimum Gasteiger partial charge on any atom is -0.326 e. The summed E-state index contributed by atoms with van der Waals surface area (Å²) < 4.78 is 0. The lowest BCUT2D eigenvalue weighted by molar-refractivity contribution is -0.116. The van der Waals surface area contributed by atoms with E-state index >= 15 is 0 Å². The van der Waals surface area contributed by atoms with Crippen LogP contribution in [-0.2, 0) is 4.79 Å². The van der Waals surface area contributed by atoms with E-state index in [-0.39, 0.29) is 11.8 Å². The van der Waals surface area contributed by atoms with Crippen LogP contribution in [0.4, 0.5) is 5.69 Å². The Hall–Kier alpha value is -3.15. The number of carbonyl (C=O) groups is 3. The summed E-state index contributed by atoms with van der Waals surface area (Å²) in [4.78, 5) is 35.8. The number of amides is 3. The number of aryl methyl sites for hydroxylation is 1. The summed E-state index contributed by atoms with van der Waals surface area (Å²) in [5.74, 6) is -0.624. The summed E-state index contributed by atoms with van der Waals surface area (Å²) in [6.45, 7) is 5.87. The van der Waals surface area contributed by atoms with Gasteiger partial charge in [0.25, 0.3) is 11.8 Å². The van der Waals surface area contributed by atoms with Gasteiger partial charge in [-0.25, -0.2) is 0 Å². The first-order chi connectivity index (χ1) is 12.3. The molecule has 136 valence electrons. The SMILES string of the molecule is Cc1ccc(C(=O)NNC(=O)c2ccc(NC(=O)CC(C)C)cc2)cc1. The van der Waals surface area contributed by atoms with Gasteiger partial charge >= 0.3 is 0 Å². The van der Waals surface area contributed by atoms with Crippen molar-refractivity contribution in [2.45, 2.75) is 27.2 Å². The maximum atomic E-state index is 12.1. The molecule has 0 spiro atoms. The van der Waals surface area contributed by atoms with Crippen LogP contribution in [-0.4, -0.2) is 17.7 Å². The minimum atomic E-state index is -0.439. The second-order valence-corrected chi connectivity index (χ2v) is 6.50. The van der Waals surface area contributed by atoms with Crippen LogP contribution in [0.15, 0.2) is 48.5 Å². The van der Waals surface area contributed by atoms with Crippen molar-refractivity contribution in [2.75, 3.05) is 5.32 Å². The average Bonchev–Trinajstić information content (AvgIpc) is 2.60. The number of nitrogens with one attached hydrogen (secondary N) is 3. The highest BCUT2D eigenvalue weighted by Crippen LogP contribution is 2.11. The fourth-order valence-corrected chi connectivity index (χ4v) is 2.25. The molecule has 0 aliphatic rings. The van der Waals surface area contributed by atoms with Crippen LogP contribution in [0.1, 0.15) is 46.5 Å². The normalized spacial score (nSPS) is 10.3. The fourth-order valence-electron chi connectivity index (χ4n) is 2.25. The molecule has 0 heterocycles. The maximum Gasteiger partial charge on any atom is 0.269 e. The van der Waals surface area contributed by atoms with Crippen LogP contribution in [0, 0.1) is 12.8 Å². The van der Waals surface area contributed by atoms with Crippen molar-refractivity contribution in [1.29, 1.82) is 0 Å². The number of benzene rings is 2. The number of hydrazine groups is 1. The Morgan fingerprint density at radius 3 is 1.73 bits per heavy atom. The van der Waals surface area contributed by atoms with Gasteiger partial charge in [-0.3, -0.25) is 25.2 Å². The second-order valence-electron chi connectivity index (χ2n) is 6.50. The van der Waals surface area contributed by atoms with Crippen LogP contribution in [0.25, 0.3) is 0 Å². The van der Waals surface area contributed by atoms with Gasteiger partial charge in [0.1, 0.15) is 0 Å². The molecular weight excluding hydrogens is 330 g/mol. The fraction of sp³-hybridized carbons (Fsp3) is 0.250. The Bertz CT molecular complexity index is 781. The van der Waals surface area contributed by atoms with E-state index in [2.05, 4.69) is 16.2 Å². The molecule has 0 saturated carbocycles. The van der Waals surface area contributed by atoms with E-state index in [1.54, 1.807) is 36.4 Å².